The summed E-state index contributed by atoms with van der Waals surface area (Å²) in [7, 11) is 0. The fraction of sp³-hybridized carbons (Fsp3) is 0.533. The largest absolute Gasteiger partial charge is 0.312 e. The predicted molar refractivity (Wildman–Crippen MR) is 75.1 cm³/mol. The van der Waals surface area contributed by atoms with Gasteiger partial charge >= 0.3 is 0 Å². The second kappa shape index (κ2) is 4.98. The normalized spacial score (nSPS) is 22.3. The van der Waals surface area contributed by atoms with Crippen LogP contribution in [0.1, 0.15) is 42.5 Å². The van der Waals surface area contributed by atoms with Crippen molar-refractivity contribution in [1.29, 1.82) is 0 Å². The number of pyridine rings is 1. The van der Waals surface area contributed by atoms with Crippen LogP contribution in [0.5, 0.6) is 0 Å². The third-order valence-corrected chi connectivity index (χ3v) is 4.51. The highest BCUT2D eigenvalue weighted by atomic mass is 15.3. The Labute approximate surface area is 118 Å². The zero-order valence-corrected chi connectivity index (χ0v) is 11.5. The van der Waals surface area contributed by atoms with Gasteiger partial charge in [-0.3, -0.25) is 4.98 Å². The summed E-state index contributed by atoms with van der Waals surface area (Å²) in [6.07, 6.45) is 8.89. The molecule has 4 rings (SSSR count). The Morgan fingerprint density at radius 2 is 2.25 bits per heavy atom. The van der Waals surface area contributed by atoms with E-state index in [2.05, 4.69) is 31.1 Å². The SMILES string of the molecule is c1cncc(C2NCCn3c(CC4CCC4)nnc32)c1. The van der Waals surface area contributed by atoms with Crippen molar-refractivity contribution in [3.05, 3.63) is 41.7 Å². The summed E-state index contributed by atoms with van der Waals surface area (Å²) >= 11 is 0. The maximum absolute atomic E-state index is 4.45. The van der Waals surface area contributed by atoms with Crippen molar-refractivity contribution in [1.82, 2.24) is 25.1 Å². The second-order valence-corrected chi connectivity index (χ2v) is 5.80. The maximum atomic E-state index is 4.45. The maximum Gasteiger partial charge on any atom is 0.154 e. The van der Waals surface area contributed by atoms with Crippen LogP contribution in [-0.2, 0) is 13.0 Å². The summed E-state index contributed by atoms with van der Waals surface area (Å²) < 4.78 is 2.31. The number of nitrogens with zero attached hydrogens (tertiary/aromatic N) is 4. The molecular formula is C15H19N5. The number of hydrogen-bond acceptors (Lipinski definition) is 4. The standard InChI is InChI=1S/C15H19N5/c1-3-11(4-1)9-13-18-19-15-14(17-7-8-20(13)15)12-5-2-6-16-10-12/h2,5-6,10-11,14,17H,1,3-4,7-9H2. The lowest BCUT2D eigenvalue weighted by Gasteiger charge is -2.28. The first kappa shape index (κ1) is 12.0. The van der Waals surface area contributed by atoms with E-state index in [0.29, 0.717) is 0 Å². The van der Waals surface area contributed by atoms with Gasteiger partial charge in [-0.15, -0.1) is 10.2 Å². The molecule has 0 bridgehead atoms. The molecule has 1 N–H and O–H groups in total. The Balaban J connectivity index is 1.64. The monoisotopic (exact) mass is 269 g/mol. The molecule has 1 aliphatic carbocycles. The van der Waals surface area contributed by atoms with Crippen molar-refractivity contribution in [2.75, 3.05) is 6.54 Å². The molecule has 0 amide bonds. The first-order valence-electron chi connectivity index (χ1n) is 7.47. The number of hydrogen-bond donors (Lipinski definition) is 1. The number of aromatic nitrogens is 4. The molecule has 1 aliphatic heterocycles. The molecule has 1 fully saturated rings. The molecular weight excluding hydrogens is 250 g/mol. The van der Waals surface area contributed by atoms with Crippen molar-refractivity contribution >= 4 is 0 Å². The van der Waals surface area contributed by atoms with Gasteiger partial charge in [-0.2, -0.15) is 0 Å². The van der Waals surface area contributed by atoms with Crippen LogP contribution in [0.4, 0.5) is 0 Å². The fourth-order valence-corrected chi connectivity index (χ4v) is 3.14. The van der Waals surface area contributed by atoms with E-state index in [4.69, 9.17) is 0 Å². The molecule has 2 aliphatic rings. The molecule has 0 spiro atoms. The van der Waals surface area contributed by atoms with Crippen LogP contribution in [0.3, 0.4) is 0 Å². The Morgan fingerprint density at radius 3 is 3.00 bits per heavy atom. The summed E-state index contributed by atoms with van der Waals surface area (Å²) in [5, 5.41) is 12.4. The lowest BCUT2D eigenvalue weighted by atomic mass is 9.83. The quantitative estimate of drug-likeness (QED) is 0.921. The van der Waals surface area contributed by atoms with E-state index in [1.165, 1.54) is 25.1 Å². The average molecular weight is 269 g/mol. The molecule has 3 heterocycles. The van der Waals surface area contributed by atoms with E-state index in [1.54, 1.807) is 6.20 Å². The average Bonchev–Trinajstić information content (AvgIpc) is 2.87. The van der Waals surface area contributed by atoms with Crippen LogP contribution < -0.4 is 5.32 Å². The minimum Gasteiger partial charge on any atom is -0.312 e. The number of nitrogens with one attached hydrogen (secondary N) is 1. The van der Waals surface area contributed by atoms with E-state index in [-0.39, 0.29) is 6.04 Å². The van der Waals surface area contributed by atoms with Crippen molar-refractivity contribution in [2.45, 2.75) is 38.3 Å². The molecule has 2 aromatic heterocycles. The molecule has 5 nitrogen and oxygen atoms in total. The van der Waals surface area contributed by atoms with Gasteiger partial charge in [0.15, 0.2) is 5.82 Å². The van der Waals surface area contributed by atoms with Crippen LogP contribution in [0, 0.1) is 5.92 Å². The van der Waals surface area contributed by atoms with E-state index >= 15 is 0 Å². The van der Waals surface area contributed by atoms with Gasteiger partial charge in [0.25, 0.3) is 0 Å². The summed E-state index contributed by atoms with van der Waals surface area (Å²) in [6.45, 7) is 1.93. The number of rotatable bonds is 3. The highest BCUT2D eigenvalue weighted by molar-refractivity contribution is 5.23. The molecule has 1 atom stereocenters. The summed E-state index contributed by atoms with van der Waals surface area (Å²) in [5.41, 5.74) is 1.16. The van der Waals surface area contributed by atoms with Crippen molar-refractivity contribution in [3.8, 4) is 0 Å². The highest BCUT2D eigenvalue weighted by Crippen LogP contribution is 2.31. The Morgan fingerprint density at radius 1 is 1.30 bits per heavy atom. The Bertz CT molecular complexity index is 588. The fourth-order valence-electron chi connectivity index (χ4n) is 3.14. The number of fused-ring (bicyclic) bond motifs is 1. The van der Waals surface area contributed by atoms with E-state index < -0.39 is 0 Å². The molecule has 0 aromatic carbocycles. The lowest BCUT2D eigenvalue weighted by Crippen LogP contribution is -2.35. The third kappa shape index (κ3) is 2.02. The molecule has 1 unspecified atom stereocenters. The summed E-state index contributed by atoms with van der Waals surface area (Å²) in [4.78, 5) is 4.21. The molecule has 5 heteroatoms. The molecule has 20 heavy (non-hydrogen) atoms. The Kier molecular flexibility index (Phi) is 2.99. The summed E-state index contributed by atoms with van der Waals surface area (Å²) in [6, 6.07) is 4.20. The van der Waals surface area contributed by atoms with Gasteiger partial charge in [-0.1, -0.05) is 25.3 Å². The van der Waals surface area contributed by atoms with Gasteiger partial charge in [-0.25, -0.2) is 0 Å². The molecule has 0 radical (unpaired) electrons. The minimum absolute atomic E-state index is 0.125. The van der Waals surface area contributed by atoms with Gasteiger partial charge in [0.2, 0.25) is 0 Å². The minimum atomic E-state index is 0.125. The lowest BCUT2D eigenvalue weighted by molar-refractivity contribution is 0.303. The molecule has 1 saturated carbocycles. The van der Waals surface area contributed by atoms with E-state index in [9.17, 15) is 0 Å². The van der Waals surface area contributed by atoms with Crippen LogP contribution >= 0.6 is 0 Å². The topological polar surface area (TPSA) is 55.6 Å². The molecule has 2 aromatic rings. The molecule has 0 saturated heterocycles. The predicted octanol–water partition coefficient (Wildman–Crippen LogP) is 1.71. The van der Waals surface area contributed by atoms with E-state index in [0.717, 1.165) is 36.8 Å². The van der Waals surface area contributed by atoms with Crippen LogP contribution in [-0.4, -0.2) is 26.3 Å². The van der Waals surface area contributed by atoms with Crippen LogP contribution in [0.2, 0.25) is 0 Å². The van der Waals surface area contributed by atoms with E-state index in [1.807, 2.05) is 12.3 Å². The summed E-state index contributed by atoms with van der Waals surface area (Å²) in [5.74, 6) is 3.04. The van der Waals surface area contributed by atoms with Gasteiger partial charge in [0, 0.05) is 31.9 Å². The Hall–Kier alpha value is -1.75. The first-order valence-corrected chi connectivity index (χ1v) is 7.47. The first-order chi connectivity index (χ1) is 9.92. The van der Waals surface area contributed by atoms with Crippen LogP contribution in [0.15, 0.2) is 24.5 Å². The zero-order valence-electron chi connectivity index (χ0n) is 11.5. The van der Waals surface area contributed by atoms with Gasteiger partial charge in [-0.05, 0) is 17.5 Å². The molecule has 104 valence electrons. The smallest absolute Gasteiger partial charge is 0.154 e. The van der Waals surface area contributed by atoms with Crippen LogP contribution in [0.25, 0.3) is 0 Å². The van der Waals surface area contributed by atoms with Gasteiger partial charge in [0.05, 0.1) is 6.04 Å². The third-order valence-electron chi connectivity index (χ3n) is 4.51. The van der Waals surface area contributed by atoms with Crippen molar-refractivity contribution < 1.29 is 0 Å². The van der Waals surface area contributed by atoms with Gasteiger partial charge in [0.1, 0.15) is 5.82 Å². The zero-order chi connectivity index (χ0) is 13.4. The van der Waals surface area contributed by atoms with Crippen molar-refractivity contribution in [3.63, 3.8) is 0 Å². The second-order valence-electron chi connectivity index (χ2n) is 5.80. The van der Waals surface area contributed by atoms with Gasteiger partial charge < -0.3 is 9.88 Å². The van der Waals surface area contributed by atoms with Crippen molar-refractivity contribution in [2.24, 2.45) is 5.92 Å². The highest BCUT2D eigenvalue weighted by Gasteiger charge is 2.28.